The lowest BCUT2D eigenvalue weighted by Crippen LogP contribution is -2.11. The first-order chi connectivity index (χ1) is 10.0. The zero-order valence-electron chi connectivity index (χ0n) is 11.6. The summed E-state index contributed by atoms with van der Waals surface area (Å²) >= 11 is 3.44. The van der Waals surface area contributed by atoms with Crippen LogP contribution in [-0.2, 0) is 6.42 Å². The summed E-state index contributed by atoms with van der Waals surface area (Å²) in [5.41, 5.74) is 9.00. The molecule has 2 N–H and O–H groups in total. The molecule has 1 unspecified atom stereocenters. The molecule has 5 heteroatoms. The molecule has 2 aromatic carbocycles. The quantitative estimate of drug-likeness (QED) is 0.766. The minimum absolute atomic E-state index is 0.140. The Balaban J connectivity index is 1.95. The lowest BCUT2D eigenvalue weighted by atomic mass is 10.1. The predicted octanol–water partition coefficient (Wildman–Crippen LogP) is 4.32. The number of nitrogen functional groups attached to an aromatic ring is 1. The molecule has 108 valence electrons. The maximum Gasteiger partial charge on any atom is 0.201 e. The van der Waals surface area contributed by atoms with Crippen LogP contribution >= 0.6 is 15.9 Å². The predicted molar refractivity (Wildman–Crippen MR) is 86.7 cm³/mol. The van der Waals surface area contributed by atoms with Gasteiger partial charge in [-0.15, -0.1) is 0 Å². The Morgan fingerprint density at radius 3 is 2.67 bits per heavy atom. The SMILES string of the molecule is CC(Cc1ccc(F)cc1)n1c(N)nc2cc(Br)ccc21. The second kappa shape index (κ2) is 5.48. The second-order valence-electron chi connectivity index (χ2n) is 5.15. The smallest absolute Gasteiger partial charge is 0.201 e. The van der Waals surface area contributed by atoms with Crippen LogP contribution < -0.4 is 5.73 Å². The highest BCUT2D eigenvalue weighted by Crippen LogP contribution is 2.27. The number of halogens is 2. The number of nitrogens with zero attached hydrogens (tertiary/aromatic N) is 2. The summed E-state index contributed by atoms with van der Waals surface area (Å²) in [5, 5.41) is 0. The maximum atomic E-state index is 13.0. The fourth-order valence-electron chi connectivity index (χ4n) is 2.61. The van der Waals surface area contributed by atoms with Gasteiger partial charge in [-0.3, -0.25) is 0 Å². The fourth-order valence-corrected chi connectivity index (χ4v) is 2.96. The molecule has 0 aliphatic heterocycles. The highest BCUT2D eigenvalue weighted by Gasteiger charge is 2.14. The molecule has 0 amide bonds. The molecule has 0 fully saturated rings. The van der Waals surface area contributed by atoms with E-state index in [9.17, 15) is 4.39 Å². The van der Waals surface area contributed by atoms with Crippen LogP contribution in [0, 0.1) is 5.82 Å². The van der Waals surface area contributed by atoms with E-state index in [1.807, 2.05) is 22.8 Å². The molecule has 1 atom stereocenters. The number of rotatable bonds is 3. The molecule has 0 bridgehead atoms. The van der Waals surface area contributed by atoms with Gasteiger partial charge < -0.3 is 10.3 Å². The lowest BCUT2D eigenvalue weighted by molar-refractivity contribution is 0.565. The standard InChI is InChI=1S/C16H15BrFN3/c1-10(8-11-2-5-13(18)6-3-11)21-15-7-4-12(17)9-14(15)20-16(21)19/h2-7,9-10H,8H2,1H3,(H2,19,20). The van der Waals surface area contributed by atoms with Crippen molar-refractivity contribution in [2.45, 2.75) is 19.4 Å². The van der Waals surface area contributed by atoms with Crippen molar-refractivity contribution >= 4 is 32.9 Å². The molecule has 0 aliphatic rings. The van der Waals surface area contributed by atoms with Crippen LogP contribution in [0.25, 0.3) is 11.0 Å². The fraction of sp³-hybridized carbons (Fsp3) is 0.188. The number of imidazole rings is 1. The van der Waals surface area contributed by atoms with E-state index < -0.39 is 0 Å². The normalized spacial score (nSPS) is 12.7. The van der Waals surface area contributed by atoms with E-state index in [1.165, 1.54) is 12.1 Å². The topological polar surface area (TPSA) is 43.8 Å². The Morgan fingerprint density at radius 2 is 1.95 bits per heavy atom. The summed E-state index contributed by atoms with van der Waals surface area (Å²) in [6, 6.07) is 12.6. The Bertz CT molecular complexity index is 780. The summed E-state index contributed by atoms with van der Waals surface area (Å²) in [5.74, 6) is 0.279. The zero-order chi connectivity index (χ0) is 15.0. The van der Waals surface area contributed by atoms with Gasteiger partial charge >= 0.3 is 0 Å². The molecule has 0 aliphatic carbocycles. The van der Waals surface area contributed by atoms with Crippen molar-refractivity contribution in [3.05, 3.63) is 58.3 Å². The van der Waals surface area contributed by atoms with Crippen molar-refractivity contribution in [3.8, 4) is 0 Å². The summed E-state index contributed by atoms with van der Waals surface area (Å²) in [6.07, 6.45) is 0.770. The van der Waals surface area contributed by atoms with Gasteiger partial charge in [0, 0.05) is 10.5 Å². The molecular formula is C16H15BrFN3. The van der Waals surface area contributed by atoms with Gasteiger partial charge in [-0.05, 0) is 49.2 Å². The Morgan fingerprint density at radius 1 is 1.24 bits per heavy atom. The van der Waals surface area contributed by atoms with Crippen LogP contribution in [0.15, 0.2) is 46.9 Å². The van der Waals surface area contributed by atoms with Crippen molar-refractivity contribution in [2.75, 3.05) is 5.73 Å². The summed E-state index contributed by atoms with van der Waals surface area (Å²) in [7, 11) is 0. The average molecular weight is 348 g/mol. The zero-order valence-corrected chi connectivity index (χ0v) is 13.1. The molecule has 3 rings (SSSR count). The van der Waals surface area contributed by atoms with Gasteiger partial charge in [0.2, 0.25) is 5.95 Å². The minimum Gasteiger partial charge on any atom is -0.369 e. The highest BCUT2D eigenvalue weighted by atomic mass is 79.9. The highest BCUT2D eigenvalue weighted by molar-refractivity contribution is 9.10. The first-order valence-electron chi connectivity index (χ1n) is 6.72. The van der Waals surface area contributed by atoms with Crippen molar-refractivity contribution in [1.82, 2.24) is 9.55 Å². The number of anilines is 1. The summed E-state index contributed by atoms with van der Waals surface area (Å²) in [6.45, 7) is 2.09. The number of benzene rings is 2. The first-order valence-corrected chi connectivity index (χ1v) is 7.51. The molecule has 1 heterocycles. The second-order valence-corrected chi connectivity index (χ2v) is 6.07. The van der Waals surface area contributed by atoms with Crippen LogP contribution in [0.5, 0.6) is 0 Å². The molecular weight excluding hydrogens is 333 g/mol. The van der Waals surface area contributed by atoms with E-state index in [1.54, 1.807) is 12.1 Å². The molecule has 0 saturated carbocycles. The molecule has 3 aromatic rings. The maximum absolute atomic E-state index is 13.0. The monoisotopic (exact) mass is 347 g/mol. The lowest BCUT2D eigenvalue weighted by Gasteiger charge is -2.16. The molecule has 21 heavy (non-hydrogen) atoms. The van der Waals surface area contributed by atoms with Crippen molar-refractivity contribution in [1.29, 1.82) is 0 Å². The van der Waals surface area contributed by atoms with Gasteiger partial charge in [-0.25, -0.2) is 9.37 Å². The van der Waals surface area contributed by atoms with E-state index in [0.29, 0.717) is 5.95 Å². The van der Waals surface area contributed by atoms with Gasteiger partial charge in [-0.1, -0.05) is 28.1 Å². The third-order valence-electron chi connectivity index (χ3n) is 3.56. The van der Waals surface area contributed by atoms with Gasteiger partial charge in [0.05, 0.1) is 11.0 Å². The number of aromatic nitrogens is 2. The van der Waals surface area contributed by atoms with Gasteiger partial charge in [0.25, 0.3) is 0 Å². The van der Waals surface area contributed by atoms with Crippen molar-refractivity contribution in [2.24, 2.45) is 0 Å². The number of hydrogen-bond acceptors (Lipinski definition) is 2. The largest absolute Gasteiger partial charge is 0.369 e. The Hall–Kier alpha value is -1.88. The molecule has 0 spiro atoms. The third-order valence-corrected chi connectivity index (χ3v) is 4.06. The van der Waals surface area contributed by atoms with Crippen LogP contribution in [0.4, 0.5) is 10.3 Å². The molecule has 3 nitrogen and oxygen atoms in total. The van der Waals surface area contributed by atoms with Crippen LogP contribution in [0.1, 0.15) is 18.5 Å². The summed E-state index contributed by atoms with van der Waals surface area (Å²) in [4.78, 5) is 4.40. The molecule has 0 radical (unpaired) electrons. The number of fused-ring (bicyclic) bond motifs is 1. The molecule has 0 saturated heterocycles. The van der Waals surface area contributed by atoms with Crippen molar-refractivity contribution in [3.63, 3.8) is 0 Å². The summed E-state index contributed by atoms with van der Waals surface area (Å²) < 4.78 is 16.0. The minimum atomic E-state index is -0.219. The van der Waals surface area contributed by atoms with Crippen LogP contribution in [0.2, 0.25) is 0 Å². The van der Waals surface area contributed by atoms with Crippen LogP contribution in [0.3, 0.4) is 0 Å². The number of hydrogen-bond donors (Lipinski definition) is 1. The van der Waals surface area contributed by atoms with Gasteiger partial charge in [0.1, 0.15) is 5.82 Å². The van der Waals surface area contributed by atoms with Crippen LogP contribution in [-0.4, -0.2) is 9.55 Å². The van der Waals surface area contributed by atoms with Gasteiger partial charge in [-0.2, -0.15) is 0 Å². The molecule has 1 aromatic heterocycles. The van der Waals surface area contributed by atoms with E-state index in [2.05, 4.69) is 27.8 Å². The average Bonchev–Trinajstić information content (AvgIpc) is 2.76. The van der Waals surface area contributed by atoms with Crippen molar-refractivity contribution < 1.29 is 4.39 Å². The van der Waals surface area contributed by atoms with Gasteiger partial charge in [0.15, 0.2) is 0 Å². The van der Waals surface area contributed by atoms with E-state index in [0.717, 1.165) is 27.5 Å². The first kappa shape index (κ1) is 14.1. The number of nitrogens with two attached hydrogens (primary N) is 1. The Labute approximate surface area is 130 Å². The van der Waals surface area contributed by atoms with E-state index >= 15 is 0 Å². The third kappa shape index (κ3) is 2.78. The van der Waals surface area contributed by atoms with E-state index in [4.69, 9.17) is 5.73 Å². The van der Waals surface area contributed by atoms with E-state index in [-0.39, 0.29) is 11.9 Å². The Kier molecular flexibility index (Phi) is 3.68.